The van der Waals surface area contributed by atoms with Gasteiger partial charge in [0, 0.05) is 6.54 Å². The zero-order valence-corrected chi connectivity index (χ0v) is 19.6. The van der Waals surface area contributed by atoms with Crippen molar-refractivity contribution in [2.24, 2.45) is 0 Å². The van der Waals surface area contributed by atoms with Crippen LogP contribution in [0.3, 0.4) is 0 Å². The number of benzene rings is 2. The van der Waals surface area contributed by atoms with Gasteiger partial charge < -0.3 is 14.2 Å². The highest BCUT2D eigenvalue weighted by Crippen LogP contribution is 2.31. The van der Waals surface area contributed by atoms with Crippen molar-refractivity contribution in [3.05, 3.63) is 59.7 Å². The summed E-state index contributed by atoms with van der Waals surface area (Å²) in [6.45, 7) is 0.347. The molecule has 1 aliphatic rings. The minimum absolute atomic E-state index is 0.347. The van der Waals surface area contributed by atoms with Crippen molar-refractivity contribution in [1.29, 1.82) is 0 Å². The van der Waals surface area contributed by atoms with Crippen LogP contribution in [0.15, 0.2) is 48.5 Å². The largest absolute Gasteiger partial charge is 0.493 e. The number of esters is 1. The molecule has 2 atom stereocenters. The number of rotatable bonds is 9. The van der Waals surface area contributed by atoms with E-state index in [1.54, 1.807) is 14.2 Å². The van der Waals surface area contributed by atoms with E-state index in [0.29, 0.717) is 37.3 Å². The molecule has 0 saturated carbocycles. The first-order valence-corrected chi connectivity index (χ1v) is 12.6. The molecule has 0 spiro atoms. The number of ether oxygens (including phenoxy) is 3. The van der Waals surface area contributed by atoms with Gasteiger partial charge in [-0.2, -0.15) is 4.31 Å². The van der Waals surface area contributed by atoms with E-state index < -0.39 is 28.1 Å². The molecule has 2 aromatic carbocycles. The molecule has 2 unspecified atom stereocenters. The van der Waals surface area contributed by atoms with Crippen LogP contribution in [0.25, 0.3) is 0 Å². The molecule has 0 bridgehead atoms. The van der Waals surface area contributed by atoms with Gasteiger partial charge in [-0.15, -0.1) is 0 Å². The predicted octanol–water partition coefficient (Wildman–Crippen LogP) is 3.74. The lowest BCUT2D eigenvalue weighted by Gasteiger charge is -2.33. The van der Waals surface area contributed by atoms with Gasteiger partial charge in [0.2, 0.25) is 10.0 Å². The van der Waals surface area contributed by atoms with Gasteiger partial charge in [0.1, 0.15) is 12.1 Å². The van der Waals surface area contributed by atoms with Crippen LogP contribution in [0.1, 0.15) is 42.9 Å². The lowest BCUT2D eigenvalue weighted by atomic mass is 10.00. The lowest BCUT2D eigenvalue weighted by molar-refractivity contribution is -0.155. The molecule has 1 fully saturated rings. The summed E-state index contributed by atoms with van der Waals surface area (Å²) in [5.74, 6) is 0.806. The Hall–Kier alpha value is -2.58. The van der Waals surface area contributed by atoms with Crippen molar-refractivity contribution in [3.8, 4) is 11.5 Å². The van der Waals surface area contributed by atoms with Crippen molar-refractivity contribution >= 4 is 16.0 Å². The Morgan fingerprint density at radius 1 is 1.06 bits per heavy atom. The standard InChI is InChI=1S/C24H31NO6S/c1-29-22-15-13-18(17-23(22)30-2)12-14-21(19-9-5-4-6-10-19)31-24(26)20-11-7-8-16-25(20)32(3,27)28/h4-6,9-10,13,15,17,20-21H,7-8,11-12,14,16H2,1-3H3. The van der Waals surface area contributed by atoms with E-state index in [1.807, 2.05) is 48.5 Å². The highest BCUT2D eigenvalue weighted by molar-refractivity contribution is 7.88. The number of piperidine rings is 1. The molecule has 0 aliphatic carbocycles. The molecular formula is C24H31NO6S. The molecule has 1 heterocycles. The van der Waals surface area contributed by atoms with Gasteiger partial charge in [0.05, 0.1) is 20.5 Å². The average Bonchev–Trinajstić information content (AvgIpc) is 2.81. The number of methoxy groups -OCH3 is 2. The Balaban J connectivity index is 1.77. The zero-order valence-electron chi connectivity index (χ0n) is 18.8. The van der Waals surface area contributed by atoms with Crippen LogP contribution in [0.4, 0.5) is 0 Å². The summed E-state index contributed by atoms with van der Waals surface area (Å²) in [6, 6.07) is 14.5. The number of hydrogen-bond donors (Lipinski definition) is 0. The van der Waals surface area contributed by atoms with Gasteiger partial charge in [-0.1, -0.05) is 36.4 Å². The van der Waals surface area contributed by atoms with Crippen molar-refractivity contribution in [3.63, 3.8) is 0 Å². The van der Waals surface area contributed by atoms with Gasteiger partial charge in [0.15, 0.2) is 11.5 Å². The molecular weight excluding hydrogens is 430 g/mol. The zero-order chi connectivity index (χ0) is 23.1. The van der Waals surface area contributed by atoms with Gasteiger partial charge in [-0.05, 0) is 55.4 Å². The van der Waals surface area contributed by atoms with Crippen LogP contribution in [-0.2, 0) is 26.0 Å². The summed E-state index contributed by atoms with van der Waals surface area (Å²) >= 11 is 0. The molecule has 1 aliphatic heterocycles. The number of aryl methyl sites for hydroxylation is 1. The highest BCUT2D eigenvalue weighted by atomic mass is 32.2. The molecule has 0 amide bonds. The van der Waals surface area contributed by atoms with Crippen molar-refractivity contribution < 1.29 is 27.4 Å². The van der Waals surface area contributed by atoms with Crippen LogP contribution < -0.4 is 9.47 Å². The van der Waals surface area contributed by atoms with Crippen molar-refractivity contribution in [1.82, 2.24) is 4.31 Å². The minimum Gasteiger partial charge on any atom is -0.493 e. The van der Waals surface area contributed by atoms with Gasteiger partial charge in [-0.3, -0.25) is 4.79 Å². The van der Waals surface area contributed by atoms with E-state index in [4.69, 9.17) is 14.2 Å². The van der Waals surface area contributed by atoms with E-state index >= 15 is 0 Å². The van der Waals surface area contributed by atoms with Gasteiger partial charge >= 0.3 is 5.97 Å². The number of nitrogens with zero attached hydrogens (tertiary/aromatic N) is 1. The van der Waals surface area contributed by atoms with Crippen LogP contribution in [0.2, 0.25) is 0 Å². The van der Waals surface area contributed by atoms with E-state index in [2.05, 4.69) is 0 Å². The molecule has 0 N–H and O–H groups in total. The smallest absolute Gasteiger partial charge is 0.325 e. The van der Waals surface area contributed by atoms with Gasteiger partial charge in [-0.25, -0.2) is 8.42 Å². The number of carbonyl (C=O) groups is 1. The predicted molar refractivity (Wildman–Crippen MR) is 122 cm³/mol. The Morgan fingerprint density at radius 2 is 1.78 bits per heavy atom. The Labute approximate surface area is 190 Å². The second-order valence-corrected chi connectivity index (χ2v) is 9.88. The molecule has 32 heavy (non-hydrogen) atoms. The molecule has 174 valence electrons. The molecule has 3 rings (SSSR count). The van der Waals surface area contributed by atoms with Crippen LogP contribution in [0.5, 0.6) is 11.5 Å². The van der Waals surface area contributed by atoms with Crippen molar-refractivity contribution in [2.75, 3.05) is 27.0 Å². The van der Waals surface area contributed by atoms with Gasteiger partial charge in [0.25, 0.3) is 0 Å². The molecule has 1 saturated heterocycles. The molecule has 0 aromatic heterocycles. The molecule has 0 radical (unpaired) electrons. The Bertz CT molecular complexity index is 1010. The maximum Gasteiger partial charge on any atom is 0.325 e. The van der Waals surface area contributed by atoms with Crippen LogP contribution in [-0.4, -0.2) is 51.8 Å². The summed E-state index contributed by atoms with van der Waals surface area (Å²) in [5.41, 5.74) is 1.90. The third-order valence-electron chi connectivity index (χ3n) is 5.72. The monoisotopic (exact) mass is 461 g/mol. The summed E-state index contributed by atoms with van der Waals surface area (Å²) < 4.78 is 42.2. The Kier molecular flexibility index (Phi) is 8.15. The minimum atomic E-state index is -3.48. The molecule has 7 nitrogen and oxygen atoms in total. The maximum absolute atomic E-state index is 13.1. The summed E-state index contributed by atoms with van der Waals surface area (Å²) in [6.07, 6.45) is 3.88. The first-order chi connectivity index (χ1) is 15.3. The van der Waals surface area contributed by atoms with Crippen molar-refractivity contribution in [2.45, 2.75) is 44.2 Å². The fourth-order valence-corrected chi connectivity index (χ4v) is 5.17. The average molecular weight is 462 g/mol. The second-order valence-electron chi connectivity index (χ2n) is 7.95. The summed E-state index contributed by atoms with van der Waals surface area (Å²) in [7, 11) is -0.301. The SMILES string of the molecule is COc1ccc(CCC(OC(=O)C2CCCCN2S(C)(=O)=O)c2ccccc2)cc1OC. The Morgan fingerprint density at radius 3 is 2.44 bits per heavy atom. The summed E-state index contributed by atoms with van der Waals surface area (Å²) in [5, 5.41) is 0. The third-order valence-corrected chi connectivity index (χ3v) is 7.01. The summed E-state index contributed by atoms with van der Waals surface area (Å²) in [4.78, 5) is 13.1. The number of hydrogen-bond acceptors (Lipinski definition) is 6. The van der Waals surface area contributed by atoms with E-state index in [9.17, 15) is 13.2 Å². The number of carbonyl (C=O) groups excluding carboxylic acids is 1. The fourth-order valence-electron chi connectivity index (χ4n) is 4.05. The van der Waals surface area contributed by atoms with E-state index in [1.165, 1.54) is 4.31 Å². The van der Waals surface area contributed by atoms with Crippen LogP contribution >= 0.6 is 0 Å². The second kappa shape index (κ2) is 10.8. The normalized spacial score (nSPS) is 18.0. The molecule has 2 aromatic rings. The third kappa shape index (κ3) is 6.01. The quantitative estimate of drug-likeness (QED) is 0.529. The van der Waals surface area contributed by atoms with Crippen LogP contribution in [0, 0.1) is 0 Å². The maximum atomic E-state index is 13.1. The fraction of sp³-hybridized carbons (Fsp3) is 0.458. The first-order valence-electron chi connectivity index (χ1n) is 10.8. The number of sulfonamides is 1. The highest BCUT2D eigenvalue weighted by Gasteiger charge is 2.36. The lowest BCUT2D eigenvalue weighted by Crippen LogP contribution is -2.48. The first kappa shape index (κ1) is 24.1. The van der Waals surface area contributed by atoms with E-state index in [0.717, 1.165) is 30.2 Å². The van der Waals surface area contributed by atoms with E-state index in [-0.39, 0.29) is 0 Å². The topological polar surface area (TPSA) is 82.1 Å². The molecule has 8 heteroatoms.